The number of benzene rings is 1. The zero-order valence-corrected chi connectivity index (χ0v) is 8.91. The Morgan fingerprint density at radius 1 is 1.38 bits per heavy atom. The van der Waals surface area contributed by atoms with Crippen LogP contribution in [0.1, 0.15) is 12.0 Å². The van der Waals surface area contributed by atoms with E-state index in [9.17, 15) is 0 Å². The molecule has 0 amide bonds. The molecule has 0 bridgehead atoms. The quantitative estimate of drug-likeness (QED) is 0.759. The number of hydrogen-bond donors (Lipinski definition) is 0. The van der Waals surface area contributed by atoms with Gasteiger partial charge in [0.25, 0.3) is 0 Å². The molecule has 0 radical (unpaired) electrons. The first-order valence-electron chi connectivity index (χ1n) is 5.42. The number of ether oxygens (including phenoxy) is 1. The van der Waals surface area contributed by atoms with E-state index in [1.807, 2.05) is 30.3 Å². The summed E-state index contributed by atoms with van der Waals surface area (Å²) in [6.07, 6.45) is 0.903. The summed E-state index contributed by atoms with van der Waals surface area (Å²) >= 11 is 0. The van der Waals surface area contributed by atoms with Gasteiger partial charge < -0.3 is 4.74 Å². The number of nitrogens with zero attached hydrogens (tertiary/aromatic N) is 3. The molecule has 0 aromatic heterocycles. The Labute approximate surface area is 94.2 Å². The Bertz CT molecular complexity index is 429. The van der Waals surface area contributed by atoms with E-state index in [2.05, 4.69) is 16.9 Å². The van der Waals surface area contributed by atoms with Crippen LogP contribution in [0.2, 0.25) is 0 Å². The van der Waals surface area contributed by atoms with E-state index < -0.39 is 0 Å². The minimum absolute atomic E-state index is 0.0484. The molecular formula is C12H13N3O. The van der Waals surface area contributed by atoms with E-state index in [1.165, 1.54) is 0 Å². The molecule has 1 aromatic rings. The fourth-order valence-corrected chi connectivity index (χ4v) is 2.05. The maximum atomic E-state index is 5.61. The molecule has 0 spiro atoms. The van der Waals surface area contributed by atoms with Gasteiger partial charge in [-0.2, -0.15) is 5.11 Å². The number of fused-ring (bicyclic) bond motifs is 1. The second-order valence-corrected chi connectivity index (χ2v) is 3.98. The molecule has 4 nitrogen and oxygen atoms in total. The Balaban J connectivity index is 1.84. The molecule has 2 aliphatic rings. The van der Waals surface area contributed by atoms with Crippen molar-refractivity contribution in [1.29, 1.82) is 0 Å². The van der Waals surface area contributed by atoms with Gasteiger partial charge in [0.05, 0.1) is 12.3 Å². The van der Waals surface area contributed by atoms with Crippen LogP contribution in [0.3, 0.4) is 0 Å². The van der Waals surface area contributed by atoms with Crippen molar-refractivity contribution in [3.05, 3.63) is 42.5 Å². The van der Waals surface area contributed by atoms with E-state index >= 15 is 0 Å². The van der Waals surface area contributed by atoms with Crippen LogP contribution in [0.5, 0.6) is 0 Å². The summed E-state index contributed by atoms with van der Waals surface area (Å²) in [4.78, 5) is 0. The zero-order valence-electron chi connectivity index (χ0n) is 8.91. The summed E-state index contributed by atoms with van der Waals surface area (Å²) in [7, 11) is 0. The molecular weight excluding hydrogens is 202 g/mol. The standard InChI is InChI=1S/C12H13N3O/c1-9(10-5-3-2-4-6-10)15-12-11(13-14-15)7-8-16-12/h2-6,11-12H,1,7-8H2. The fourth-order valence-electron chi connectivity index (χ4n) is 2.05. The second kappa shape index (κ2) is 3.72. The van der Waals surface area contributed by atoms with Crippen LogP contribution < -0.4 is 0 Å². The van der Waals surface area contributed by atoms with Crippen molar-refractivity contribution in [2.24, 2.45) is 10.3 Å². The van der Waals surface area contributed by atoms with E-state index in [-0.39, 0.29) is 12.3 Å². The summed E-state index contributed by atoms with van der Waals surface area (Å²) in [6, 6.07) is 10.2. The molecule has 16 heavy (non-hydrogen) atoms. The summed E-state index contributed by atoms with van der Waals surface area (Å²) < 4.78 is 5.61. The minimum Gasteiger partial charge on any atom is -0.354 e. The van der Waals surface area contributed by atoms with Crippen LogP contribution in [0.25, 0.3) is 5.70 Å². The van der Waals surface area contributed by atoms with Crippen molar-refractivity contribution >= 4 is 5.70 Å². The molecule has 2 heterocycles. The highest BCUT2D eigenvalue weighted by atomic mass is 16.5. The molecule has 2 unspecified atom stereocenters. The molecule has 2 atom stereocenters. The molecule has 3 rings (SSSR count). The van der Waals surface area contributed by atoms with Crippen LogP contribution in [0, 0.1) is 0 Å². The van der Waals surface area contributed by atoms with Gasteiger partial charge in [-0.25, -0.2) is 5.01 Å². The van der Waals surface area contributed by atoms with Gasteiger partial charge >= 0.3 is 0 Å². The first-order chi connectivity index (χ1) is 7.86. The molecule has 2 aliphatic heterocycles. The Kier molecular flexibility index (Phi) is 2.22. The molecule has 1 aromatic carbocycles. The molecule has 4 heteroatoms. The highest BCUT2D eigenvalue weighted by molar-refractivity contribution is 5.61. The highest BCUT2D eigenvalue weighted by Gasteiger charge is 2.39. The third kappa shape index (κ3) is 1.42. The van der Waals surface area contributed by atoms with Crippen molar-refractivity contribution in [2.75, 3.05) is 6.61 Å². The average molecular weight is 215 g/mol. The van der Waals surface area contributed by atoms with Crippen molar-refractivity contribution in [1.82, 2.24) is 5.01 Å². The normalized spacial score (nSPS) is 27.1. The molecule has 0 N–H and O–H groups in total. The van der Waals surface area contributed by atoms with Crippen LogP contribution in [-0.2, 0) is 4.74 Å². The van der Waals surface area contributed by atoms with Crippen LogP contribution in [0.4, 0.5) is 0 Å². The lowest BCUT2D eigenvalue weighted by molar-refractivity contribution is 0.0246. The van der Waals surface area contributed by atoms with Crippen molar-refractivity contribution in [3.8, 4) is 0 Å². The maximum absolute atomic E-state index is 5.61. The number of hydrogen-bond acceptors (Lipinski definition) is 4. The Morgan fingerprint density at radius 3 is 3.00 bits per heavy atom. The molecule has 1 saturated heterocycles. The predicted octanol–water partition coefficient (Wildman–Crippen LogP) is 2.46. The average Bonchev–Trinajstić information content (AvgIpc) is 2.91. The minimum atomic E-state index is -0.0484. The van der Waals surface area contributed by atoms with Crippen LogP contribution in [-0.4, -0.2) is 23.9 Å². The Morgan fingerprint density at radius 2 is 2.19 bits per heavy atom. The summed E-state index contributed by atoms with van der Waals surface area (Å²) in [6.45, 7) is 4.82. The van der Waals surface area contributed by atoms with Gasteiger partial charge in [0.1, 0.15) is 6.04 Å². The molecule has 82 valence electrons. The van der Waals surface area contributed by atoms with Crippen LogP contribution in [0.15, 0.2) is 47.2 Å². The lowest BCUT2D eigenvalue weighted by Crippen LogP contribution is -2.30. The summed E-state index contributed by atoms with van der Waals surface area (Å²) in [5.41, 5.74) is 1.90. The monoisotopic (exact) mass is 215 g/mol. The first kappa shape index (κ1) is 9.54. The zero-order chi connectivity index (χ0) is 11.0. The topological polar surface area (TPSA) is 37.2 Å². The third-order valence-corrected chi connectivity index (χ3v) is 2.95. The van der Waals surface area contributed by atoms with Gasteiger partial charge in [0.2, 0.25) is 0 Å². The van der Waals surface area contributed by atoms with E-state index in [4.69, 9.17) is 4.74 Å². The maximum Gasteiger partial charge on any atom is 0.176 e. The lowest BCUT2D eigenvalue weighted by atomic mass is 10.1. The van der Waals surface area contributed by atoms with Gasteiger partial charge in [-0.05, 0) is 12.0 Å². The molecule has 0 saturated carbocycles. The predicted molar refractivity (Wildman–Crippen MR) is 60.3 cm³/mol. The molecule has 0 aliphatic carbocycles. The van der Waals surface area contributed by atoms with Crippen molar-refractivity contribution < 1.29 is 4.74 Å². The van der Waals surface area contributed by atoms with Crippen molar-refractivity contribution in [2.45, 2.75) is 18.7 Å². The van der Waals surface area contributed by atoms with Gasteiger partial charge in [-0.15, -0.1) is 0 Å². The van der Waals surface area contributed by atoms with E-state index in [0.717, 1.165) is 24.3 Å². The van der Waals surface area contributed by atoms with Gasteiger partial charge in [0, 0.05) is 0 Å². The number of rotatable bonds is 2. The molecule has 1 fully saturated rings. The summed E-state index contributed by atoms with van der Waals surface area (Å²) in [5.74, 6) is 0. The van der Waals surface area contributed by atoms with E-state index in [0.29, 0.717) is 0 Å². The van der Waals surface area contributed by atoms with E-state index in [1.54, 1.807) is 5.01 Å². The first-order valence-corrected chi connectivity index (χ1v) is 5.42. The van der Waals surface area contributed by atoms with Crippen molar-refractivity contribution in [3.63, 3.8) is 0 Å². The Hall–Kier alpha value is -1.68. The fraction of sp³-hybridized carbons (Fsp3) is 0.333. The largest absolute Gasteiger partial charge is 0.354 e. The van der Waals surface area contributed by atoms with Gasteiger partial charge in [0.15, 0.2) is 6.23 Å². The van der Waals surface area contributed by atoms with Gasteiger partial charge in [-0.1, -0.05) is 42.1 Å². The smallest absolute Gasteiger partial charge is 0.176 e. The third-order valence-electron chi connectivity index (χ3n) is 2.95. The highest BCUT2D eigenvalue weighted by Crippen LogP contribution is 2.32. The van der Waals surface area contributed by atoms with Crippen LogP contribution >= 0.6 is 0 Å². The lowest BCUT2D eigenvalue weighted by Gasteiger charge is -2.22. The van der Waals surface area contributed by atoms with Gasteiger partial charge in [-0.3, -0.25) is 0 Å². The summed E-state index contributed by atoms with van der Waals surface area (Å²) in [5, 5.41) is 10.1. The SMILES string of the molecule is C=C(c1ccccc1)N1N=NC2CCOC21. The second-order valence-electron chi connectivity index (χ2n) is 3.98.